The maximum Gasteiger partial charge on any atom is 0.251 e. The Morgan fingerprint density at radius 3 is 2.56 bits per heavy atom. The first-order valence-electron chi connectivity index (χ1n) is 9.28. The van der Waals surface area contributed by atoms with Crippen LogP contribution < -0.4 is 5.32 Å². The van der Waals surface area contributed by atoms with Crippen LogP contribution in [0.2, 0.25) is 0 Å². The lowest BCUT2D eigenvalue weighted by Gasteiger charge is -2.20. The number of imidazole rings is 1. The predicted octanol–water partition coefficient (Wildman–Crippen LogP) is 4.79. The van der Waals surface area contributed by atoms with Crippen molar-refractivity contribution < 1.29 is 4.79 Å². The topological polar surface area (TPSA) is 73.6 Å². The van der Waals surface area contributed by atoms with Crippen molar-refractivity contribution in [1.29, 1.82) is 0 Å². The van der Waals surface area contributed by atoms with Crippen LogP contribution in [0.15, 0.2) is 42.5 Å². The lowest BCUT2D eigenvalue weighted by Crippen LogP contribution is -2.32. The molecule has 3 N–H and O–H groups in total. The summed E-state index contributed by atoms with van der Waals surface area (Å²) in [5, 5.41) is 4.25. The standard InChI is InChI=1S/C22H24N4O/c1-12(2)20(21-24-18-7-5-6-8-19(18)25-21)26-22(27)15-9-10-17-16(11-15)13(3)14(4)23-17/h5-12,20,23H,1-4H3,(H,24,25)(H,26,27)/t20-/m1/s1. The Kier molecular flexibility index (Phi) is 4.22. The Balaban J connectivity index is 1.65. The molecule has 1 atom stereocenters. The molecule has 2 aromatic heterocycles. The normalized spacial score (nSPS) is 12.8. The Morgan fingerprint density at radius 1 is 1.04 bits per heavy atom. The van der Waals surface area contributed by atoms with E-state index in [1.807, 2.05) is 49.4 Å². The van der Waals surface area contributed by atoms with Gasteiger partial charge in [-0.2, -0.15) is 0 Å². The molecular weight excluding hydrogens is 336 g/mol. The van der Waals surface area contributed by atoms with Crippen LogP contribution in [-0.4, -0.2) is 20.9 Å². The average Bonchev–Trinajstić information content (AvgIpc) is 3.20. The summed E-state index contributed by atoms with van der Waals surface area (Å²) < 4.78 is 0. The molecule has 2 heterocycles. The van der Waals surface area contributed by atoms with E-state index in [-0.39, 0.29) is 17.9 Å². The van der Waals surface area contributed by atoms with Crippen LogP contribution in [0, 0.1) is 19.8 Å². The molecule has 0 saturated heterocycles. The van der Waals surface area contributed by atoms with Crippen molar-refractivity contribution in [3.63, 3.8) is 0 Å². The number of rotatable bonds is 4. The zero-order chi connectivity index (χ0) is 19.1. The Bertz CT molecular complexity index is 1100. The van der Waals surface area contributed by atoms with E-state index in [2.05, 4.69) is 41.0 Å². The number of hydrogen-bond acceptors (Lipinski definition) is 2. The quantitative estimate of drug-likeness (QED) is 0.489. The molecule has 0 fully saturated rings. The molecular formula is C22H24N4O. The number of aryl methyl sites for hydroxylation is 2. The number of amides is 1. The molecule has 0 saturated carbocycles. The van der Waals surface area contributed by atoms with Gasteiger partial charge in [-0.3, -0.25) is 4.79 Å². The molecule has 2 aromatic carbocycles. The number of nitrogens with zero attached hydrogens (tertiary/aromatic N) is 1. The first-order valence-corrected chi connectivity index (χ1v) is 9.28. The fourth-order valence-electron chi connectivity index (χ4n) is 3.50. The molecule has 0 aliphatic carbocycles. The van der Waals surface area contributed by atoms with Gasteiger partial charge in [0.05, 0.1) is 17.1 Å². The van der Waals surface area contributed by atoms with Crippen LogP contribution in [0.4, 0.5) is 0 Å². The van der Waals surface area contributed by atoms with Gasteiger partial charge in [0, 0.05) is 22.2 Å². The van der Waals surface area contributed by atoms with Crippen molar-refractivity contribution in [2.45, 2.75) is 33.7 Å². The average molecular weight is 360 g/mol. The highest BCUT2D eigenvalue weighted by molar-refractivity contribution is 5.99. The van der Waals surface area contributed by atoms with Gasteiger partial charge in [-0.05, 0) is 55.7 Å². The van der Waals surface area contributed by atoms with Crippen LogP contribution in [0.3, 0.4) is 0 Å². The van der Waals surface area contributed by atoms with Gasteiger partial charge in [-0.15, -0.1) is 0 Å². The van der Waals surface area contributed by atoms with Gasteiger partial charge in [-0.1, -0.05) is 26.0 Å². The highest BCUT2D eigenvalue weighted by Gasteiger charge is 2.22. The minimum Gasteiger partial charge on any atom is -0.358 e. The molecule has 0 unspecified atom stereocenters. The summed E-state index contributed by atoms with van der Waals surface area (Å²) in [5.41, 5.74) is 5.91. The van der Waals surface area contributed by atoms with Crippen molar-refractivity contribution in [3.8, 4) is 0 Å². The third kappa shape index (κ3) is 3.10. The van der Waals surface area contributed by atoms with Crippen LogP contribution in [-0.2, 0) is 0 Å². The van der Waals surface area contributed by atoms with Crippen molar-refractivity contribution in [3.05, 3.63) is 65.1 Å². The minimum absolute atomic E-state index is 0.0886. The van der Waals surface area contributed by atoms with E-state index in [1.165, 1.54) is 5.56 Å². The summed E-state index contributed by atoms with van der Waals surface area (Å²) in [4.78, 5) is 24.3. The van der Waals surface area contributed by atoms with Crippen molar-refractivity contribution in [1.82, 2.24) is 20.3 Å². The zero-order valence-corrected chi connectivity index (χ0v) is 16.1. The van der Waals surface area contributed by atoms with E-state index < -0.39 is 0 Å². The smallest absolute Gasteiger partial charge is 0.251 e. The molecule has 4 rings (SSSR count). The van der Waals surface area contributed by atoms with Gasteiger partial charge in [0.1, 0.15) is 5.82 Å². The molecule has 5 heteroatoms. The number of benzene rings is 2. The number of fused-ring (bicyclic) bond motifs is 2. The summed E-state index contributed by atoms with van der Waals surface area (Å²) in [7, 11) is 0. The van der Waals surface area contributed by atoms with E-state index in [1.54, 1.807) is 0 Å². The molecule has 5 nitrogen and oxygen atoms in total. The number of aromatic amines is 2. The third-order valence-corrected chi connectivity index (χ3v) is 5.23. The second-order valence-electron chi connectivity index (χ2n) is 7.47. The van der Waals surface area contributed by atoms with Crippen molar-refractivity contribution in [2.75, 3.05) is 0 Å². The largest absolute Gasteiger partial charge is 0.358 e. The number of carbonyl (C=O) groups is 1. The van der Waals surface area contributed by atoms with Crippen LogP contribution >= 0.6 is 0 Å². The number of H-pyrrole nitrogens is 2. The van der Waals surface area contributed by atoms with Crippen LogP contribution in [0.25, 0.3) is 21.9 Å². The van der Waals surface area contributed by atoms with Crippen molar-refractivity contribution in [2.24, 2.45) is 5.92 Å². The fourth-order valence-corrected chi connectivity index (χ4v) is 3.50. The molecule has 27 heavy (non-hydrogen) atoms. The summed E-state index contributed by atoms with van der Waals surface area (Å²) in [6.07, 6.45) is 0. The lowest BCUT2D eigenvalue weighted by molar-refractivity contribution is 0.0923. The zero-order valence-electron chi connectivity index (χ0n) is 16.1. The summed E-state index contributed by atoms with van der Waals surface area (Å²) in [5.74, 6) is 0.901. The summed E-state index contributed by atoms with van der Waals surface area (Å²) in [6, 6.07) is 13.5. The Labute approximate surface area is 158 Å². The highest BCUT2D eigenvalue weighted by Crippen LogP contribution is 2.25. The molecule has 0 bridgehead atoms. The van der Waals surface area contributed by atoms with Crippen LogP contribution in [0.5, 0.6) is 0 Å². The third-order valence-electron chi connectivity index (χ3n) is 5.23. The van der Waals surface area contributed by atoms with E-state index >= 15 is 0 Å². The Hall–Kier alpha value is -3.08. The highest BCUT2D eigenvalue weighted by atomic mass is 16.1. The van der Waals surface area contributed by atoms with Gasteiger partial charge in [0.25, 0.3) is 5.91 Å². The molecule has 4 aromatic rings. The molecule has 0 spiro atoms. The van der Waals surface area contributed by atoms with E-state index in [9.17, 15) is 4.79 Å². The van der Waals surface area contributed by atoms with Gasteiger partial charge in [-0.25, -0.2) is 4.98 Å². The first kappa shape index (κ1) is 17.3. The fraction of sp³-hybridized carbons (Fsp3) is 0.273. The minimum atomic E-state index is -0.186. The summed E-state index contributed by atoms with van der Waals surface area (Å²) in [6.45, 7) is 8.29. The Morgan fingerprint density at radius 2 is 1.81 bits per heavy atom. The van der Waals surface area contributed by atoms with Gasteiger partial charge in [0.2, 0.25) is 0 Å². The van der Waals surface area contributed by atoms with E-state index in [0.717, 1.165) is 33.5 Å². The van der Waals surface area contributed by atoms with Crippen LogP contribution in [0.1, 0.15) is 47.3 Å². The molecule has 138 valence electrons. The molecule has 0 radical (unpaired) electrons. The second kappa shape index (κ2) is 6.58. The summed E-state index contributed by atoms with van der Waals surface area (Å²) >= 11 is 0. The molecule has 1 amide bonds. The SMILES string of the molecule is Cc1[nH]c2ccc(C(=O)N[C@@H](c3nc4ccccc4[nH]3)C(C)C)cc2c1C. The van der Waals surface area contributed by atoms with Gasteiger partial charge >= 0.3 is 0 Å². The van der Waals surface area contributed by atoms with Gasteiger partial charge < -0.3 is 15.3 Å². The number of aromatic nitrogens is 3. The number of carbonyl (C=O) groups excluding carboxylic acids is 1. The van der Waals surface area contributed by atoms with E-state index in [4.69, 9.17) is 0 Å². The maximum absolute atomic E-state index is 12.9. The van der Waals surface area contributed by atoms with Crippen molar-refractivity contribution >= 4 is 27.8 Å². The van der Waals surface area contributed by atoms with Gasteiger partial charge in [0.15, 0.2) is 0 Å². The lowest BCUT2D eigenvalue weighted by atomic mass is 10.0. The molecule has 0 aliphatic heterocycles. The number of hydrogen-bond donors (Lipinski definition) is 3. The maximum atomic E-state index is 12.9. The first-order chi connectivity index (χ1) is 12.9. The number of para-hydroxylation sites is 2. The molecule has 0 aliphatic rings. The number of nitrogens with one attached hydrogen (secondary N) is 3. The second-order valence-corrected chi connectivity index (χ2v) is 7.47. The van der Waals surface area contributed by atoms with E-state index in [0.29, 0.717) is 5.56 Å². The monoisotopic (exact) mass is 360 g/mol. The predicted molar refractivity (Wildman–Crippen MR) is 109 cm³/mol.